The number of hydrogen-bond donors (Lipinski definition) is 1. The molecule has 0 aliphatic carbocycles. The van der Waals surface area contributed by atoms with Gasteiger partial charge in [-0.05, 0) is 41.8 Å². The van der Waals surface area contributed by atoms with E-state index in [2.05, 4.69) is 5.32 Å². The first-order chi connectivity index (χ1) is 14.0. The van der Waals surface area contributed by atoms with Crippen molar-refractivity contribution in [3.63, 3.8) is 0 Å². The van der Waals surface area contributed by atoms with Crippen LogP contribution in [0.3, 0.4) is 0 Å². The zero-order valence-electron chi connectivity index (χ0n) is 17.0. The molecule has 156 valence electrons. The lowest BCUT2D eigenvalue weighted by Crippen LogP contribution is -2.48. The second-order valence-corrected chi connectivity index (χ2v) is 7.52. The van der Waals surface area contributed by atoms with Crippen molar-refractivity contribution >= 4 is 23.6 Å². The van der Waals surface area contributed by atoms with Gasteiger partial charge in [-0.1, -0.05) is 31.2 Å². The fraction of sp³-hybridized carbons (Fsp3) is 0.364. The van der Waals surface area contributed by atoms with Gasteiger partial charge in [0.25, 0.3) is 0 Å². The van der Waals surface area contributed by atoms with Gasteiger partial charge in [0, 0.05) is 19.3 Å². The third-order valence-corrected chi connectivity index (χ3v) is 5.52. The number of hydrogen-bond acceptors (Lipinski definition) is 4. The van der Waals surface area contributed by atoms with Crippen LogP contribution in [0.2, 0.25) is 0 Å². The number of likely N-dealkylation sites (N-methyl/N-ethyl adjacent to an activating group) is 1. The van der Waals surface area contributed by atoms with Gasteiger partial charge >= 0.3 is 0 Å². The highest BCUT2D eigenvalue weighted by atomic mass is 32.2. The van der Waals surface area contributed by atoms with Crippen LogP contribution in [0.5, 0.6) is 5.75 Å². The highest BCUT2D eigenvalue weighted by Crippen LogP contribution is 2.19. The Morgan fingerprint density at radius 3 is 2.52 bits per heavy atom. The number of benzene rings is 2. The second kappa shape index (κ2) is 11.5. The fourth-order valence-corrected chi connectivity index (χ4v) is 3.84. The molecule has 0 aromatic heterocycles. The van der Waals surface area contributed by atoms with E-state index in [0.29, 0.717) is 24.5 Å². The van der Waals surface area contributed by atoms with Crippen molar-refractivity contribution in [2.75, 3.05) is 19.9 Å². The Bertz CT molecular complexity index is 814. The van der Waals surface area contributed by atoms with Gasteiger partial charge in [0.1, 0.15) is 17.6 Å². The van der Waals surface area contributed by atoms with Crippen LogP contribution in [0.15, 0.2) is 48.5 Å². The largest absolute Gasteiger partial charge is 0.497 e. The Hall–Kier alpha value is -2.54. The van der Waals surface area contributed by atoms with Crippen LogP contribution in [0, 0.1) is 5.82 Å². The Morgan fingerprint density at radius 1 is 1.17 bits per heavy atom. The van der Waals surface area contributed by atoms with E-state index in [4.69, 9.17) is 4.74 Å². The van der Waals surface area contributed by atoms with Gasteiger partial charge < -0.3 is 15.0 Å². The van der Waals surface area contributed by atoms with E-state index in [9.17, 15) is 14.0 Å². The molecule has 0 spiro atoms. The number of methoxy groups -OCH3 is 1. The molecule has 0 aliphatic rings. The summed E-state index contributed by atoms with van der Waals surface area (Å²) in [4.78, 5) is 27.0. The van der Waals surface area contributed by atoms with E-state index in [1.54, 1.807) is 31.2 Å². The van der Waals surface area contributed by atoms with Crippen LogP contribution in [0.25, 0.3) is 0 Å². The predicted octanol–water partition coefficient (Wildman–Crippen LogP) is 3.62. The number of carbonyl (C=O) groups is 2. The summed E-state index contributed by atoms with van der Waals surface area (Å²) < 4.78 is 18.3. The molecule has 1 N–H and O–H groups in total. The summed E-state index contributed by atoms with van der Waals surface area (Å²) in [5, 5.41) is 2.65. The lowest BCUT2D eigenvalue weighted by molar-refractivity contribution is -0.139. The Balaban J connectivity index is 2.10. The van der Waals surface area contributed by atoms with Crippen molar-refractivity contribution in [2.24, 2.45) is 0 Å². The van der Waals surface area contributed by atoms with Gasteiger partial charge in [-0.25, -0.2) is 4.39 Å². The SMILES string of the molecule is CCC(C(=O)NC)N(Cc1cccc(OC)c1)C(=O)CSCc1ccc(F)cc1. The molecule has 0 radical (unpaired) electrons. The summed E-state index contributed by atoms with van der Waals surface area (Å²) in [7, 11) is 3.16. The molecule has 0 heterocycles. The first-order valence-corrected chi connectivity index (χ1v) is 10.6. The minimum atomic E-state index is -0.551. The molecular formula is C22H27FN2O3S. The van der Waals surface area contributed by atoms with E-state index < -0.39 is 6.04 Å². The topological polar surface area (TPSA) is 58.6 Å². The summed E-state index contributed by atoms with van der Waals surface area (Å²) in [5.41, 5.74) is 1.84. The number of nitrogens with one attached hydrogen (secondary N) is 1. The molecule has 0 saturated carbocycles. The van der Waals surface area contributed by atoms with Gasteiger partial charge in [0.15, 0.2) is 0 Å². The lowest BCUT2D eigenvalue weighted by Gasteiger charge is -2.30. The number of nitrogens with zero attached hydrogens (tertiary/aromatic N) is 1. The summed E-state index contributed by atoms with van der Waals surface area (Å²) in [6.45, 7) is 2.20. The van der Waals surface area contributed by atoms with Crippen molar-refractivity contribution in [2.45, 2.75) is 31.7 Å². The van der Waals surface area contributed by atoms with Crippen LogP contribution in [0.1, 0.15) is 24.5 Å². The van der Waals surface area contributed by atoms with Crippen LogP contribution in [-0.4, -0.2) is 42.7 Å². The van der Waals surface area contributed by atoms with Crippen LogP contribution in [-0.2, 0) is 21.9 Å². The maximum Gasteiger partial charge on any atom is 0.242 e. The van der Waals surface area contributed by atoms with Gasteiger partial charge in [-0.2, -0.15) is 0 Å². The van der Waals surface area contributed by atoms with Crippen molar-refractivity contribution in [1.29, 1.82) is 0 Å². The van der Waals surface area contributed by atoms with Gasteiger partial charge in [0.2, 0.25) is 11.8 Å². The Morgan fingerprint density at radius 2 is 1.90 bits per heavy atom. The highest BCUT2D eigenvalue weighted by molar-refractivity contribution is 7.99. The quantitative estimate of drug-likeness (QED) is 0.640. The monoisotopic (exact) mass is 418 g/mol. The first-order valence-electron chi connectivity index (χ1n) is 9.44. The molecule has 29 heavy (non-hydrogen) atoms. The van der Waals surface area contributed by atoms with E-state index in [0.717, 1.165) is 11.1 Å². The molecule has 5 nitrogen and oxygen atoms in total. The fourth-order valence-electron chi connectivity index (χ4n) is 2.97. The number of halogens is 1. The van der Waals surface area contributed by atoms with Crippen molar-refractivity contribution in [1.82, 2.24) is 10.2 Å². The Kier molecular flexibility index (Phi) is 8.99. The molecular weight excluding hydrogens is 391 g/mol. The maximum atomic E-state index is 13.0. The van der Waals surface area contributed by atoms with E-state index in [1.165, 1.54) is 23.9 Å². The van der Waals surface area contributed by atoms with Crippen LogP contribution < -0.4 is 10.1 Å². The molecule has 2 rings (SSSR count). The molecule has 0 bridgehead atoms. The number of carbonyl (C=O) groups excluding carboxylic acids is 2. The number of ether oxygens (including phenoxy) is 1. The number of thioether (sulfide) groups is 1. The summed E-state index contributed by atoms with van der Waals surface area (Å²) in [6, 6.07) is 13.2. The van der Waals surface area contributed by atoms with Gasteiger partial charge in [-0.15, -0.1) is 11.8 Å². The average molecular weight is 419 g/mol. The van der Waals surface area contributed by atoms with E-state index in [1.807, 2.05) is 31.2 Å². The van der Waals surface area contributed by atoms with E-state index >= 15 is 0 Å². The molecule has 1 unspecified atom stereocenters. The Labute approximate surface area is 175 Å². The number of amides is 2. The molecule has 1 atom stereocenters. The second-order valence-electron chi connectivity index (χ2n) is 6.53. The minimum absolute atomic E-state index is 0.115. The average Bonchev–Trinajstić information content (AvgIpc) is 2.74. The lowest BCUT2D eigenvalue weighted by atomic mass is 10.1. The molecule has 0 fully saturated rings. The molecule has 2 aromatic carbocycles. The maximum absolute atomic E-state index is 13.0. The van der Waals surface area contributed by atoms with Crippen molar-refractivity contribution < 1.29 is 18.7 Å². The standard InChI is InChI=1S/C22H27FN2O3S/c1-4-20(22(27)24-2)25(13-17-6-5-7-19(12-17)28-3)21(26)15-29-14-16-8-10-18(23)11-9-16/h5-12,20H,4,13-15H2,1-3H3,(H,24,27). The third kappa shape index (κ3) is 6.78. The number of rotatable bonds is 10. The minimum Gasteiger partial charge on any atom is -0.497 e. The zero-order valence-corrected chi connectivity index (χ0v) is 17.8. The predicted molar refractivity (Wildman–Crippen MR) is 114 cm³/mol. The molecule has 0 aliphatic heterocycles. The van der Waals surface area contributed by atoms with Crippen LogP contribution >= 0.6 is 11.8 Å². The van der Waals surface area contributed by atoms with Gasteiger partial charge in [0.05, 0.1) is 12.9 Å². The summed E-state index contributed by atoms with van der Waals surface area (Å²) >= 11 is 1.44. The van der Waals surface area contributed by atoms with Crippen molar-refractivity contribution in [3.05, 3.63) is 65.5 Å². The summed E-state index contributed by atoms with van der Waals surface area (Å²) in [6.07, 6.45) is 0.512. The third-order valence-electron chi connectivity index (χ3n) is 4.53. The van der Waals surface area contributed by atoms with Crippen molar-refractivity contribution in [3.8, 4) is 5.75 Å². The first kappa shape index (κ1) is 22.7. The van der Waals surface area contributed by atoms with Gasteiger partial charge in [-0.3, -0.25) is 9.59 Å². The molecule has 7 heteroatoms. The molecule has 0 saturated heterocycles. The summed E-state index contributed by atoms with van der Waals surface area (Å²) in [5.74, 6) is 0.942. The highest BCUT2D eigenvalue weighted by Gasteiger charge is 2.27. The van der Waals surface area contributed by atoms with Crippen LogP contribution in [0.4, 0.5) is 4.39 Å². The zero-order chi connectivity index (χ0) is 21.2. The normalized spacial score (nSPS) is 11.6. The smallest absolute Gasteiger partial charge is 0.242 e. The van der Waals surface area contributed by atoms with E-state index in [-0.39, 0.29) is 23.4 Å². The molecule has 2 amide bonds. The molecule has 2 aromatic rings.